The van der Waals surface area contributed by atoms with E-state index in [-0.39, 0.29) is 18.0 Å². The van der Waals surface area contributed by atoms with Gasteiger partial charge in [0.1, 0.15) is 5.69 Å². The molecule has 0 aromatic carbocycles. The second-order valence-electron chi connectivity index (χ2n) is 7.91. The molecule has 0 saturated carbocycles. The summed E-state index contributed by atoms with van der Waals surface area (Å²) < 4.78 is 1.77. The Labute approximate surface area is 149 Å². The van der Waals surface area contributed by atoms with E-state index in [1.54, 1.807) is 4.68 Å². The summed E-state index contributed by atoms with van der Waals surface area (Å²) in [4.78, 5) is 27.1. The monoisotopic (exact) mass is 347 g/mol. The number of fused-ring (bicyclic) bond motifs is 2. The van der Waals surface area contributed by atoms with Gasteiger partial charge in [-0.1, -0.05) is 20.8 Å². The smallest absolute Gasteiger partial charge is 0.311 e. The third kappa shape index (κ3) is 2.75. The molecule has 2 fully saturated rings. The van der Waals surface area contributed by atoms with Gasteiger partial charge >= 0.3 is 5.97 Å². The maximum absolute atomic E-state index is 13.3. The van der Waals surface area contributed by atoms with Gasteiger partial charge in [0.05, 0.1) is 11.1 Å². The Balaban J connectivity index is 1.92. The largest absolute Gasteiger partial charge is 0.481 e. The summed E-state index contributed by atoms with van der Waals surface area (Å²) in [5.74, 6) is -0.330. The number of carboxylic acid groups (broad SMARTS) is 1. The average Bonchev–Trinajstić information content (AvgIpc) is 3.24. The van der Waals surface area contributed by atoms with Crippen molar-refractivity contribution < 1.29 is 14.7 Å². The van der Waals surface area contributed by atoms with Gasteiger partial charge in [0.15, 0.2) is 0 Å². The summed E-state index contributed by atoms with van der Waals surface area (Å²) in [6, 6.07) is 1.75. The number of aromatic nitrogens is 2. The lowest BCUT2D eigenvalue weighted by Gasteiger charge is -2.32. The number of aryl methyl sites for hydroxylation is 1. The van der Waals surface area contributed by atoms with Crippen molar-refractivity contribution in [3.05, 3.63) is 17.5 Å². The molecule has 2 aliphatic rings. The van der Waals surface area contributed by atoms with Crippen LogP contribution in [0.5, 0.6) is 0 Å². The normalized spacial score (nSPS) is 28.1. The zero-order chi connectivity index (χ0) is 18.4. The quantitative estimate of drug-likeness (QED) is 0.858. The molecule has 1 aromatic rings. The predicted molar refractivity (Wildman–Crippen MR) is 94.4 cm³/mol. The molecule has 6 heteroatoms. The second kappa shape index (κ2) is 6.46. The molecule has 0 aliphatic carbocycles. The van der Waals surface area contributed by atoms with Gasteiger partial charge in [-0.2, -0.15) is 5.10 Å². The van der Waals surface area contributed by atoms with Crippen molar-refractivity contribution in [3.63, 3.8) is 0 Å². The molecule has 2 bridgehead atoms. The van der Waals surface area contributed by atoms with Gasteiger partial charge in [-0.15, -0.1) is 0 Å². The summed E-state index contributed by atoms with van der Waals surface area (Å²) in [6.45, 7) is 8.81. The maximum Gasteiger partial charge on any atom is 0.311 e. The van der Waals surface area contributed by atoms with Gasteiger partial charge in [-0.3, -0.25) is 14.3 Å². The first-order valence-corrected chi connectivity index (χ1v) is 9.46. The molecule has 1 aromatic heterocycles. The number of nitrogens with zero attached hydrogens (tertiary/aromatic N) is 3. The van der Waals surface area contributed by atoms with Crippen LogP contribution >= 0.6 is 0 Å². The molecule has 3 heterocycles. The van der Waals surface area contributed by atoms with E-state index >= 15 is 0 Å². The summed E-state index contributed by atoms with van der Waals surface area (Å²) in [6.07, 6.45) is 3.68. The maximum atomic E-state index is 13.3. The number of amides is 1. The summed E-state index contributed by atoms with van der Waals surface area (Å²) >= 11 is 0. The molecule has 0 radical (unpaired) electrons. The third-order valence-electron chi connectivity index (χ3n) is 6.00. The Morgan fingerprint density at radius 3 is 2.60 bits per heavy atom. The molecule has 6 nitrogen and oxygen atoms in total. The highest BCUT2D eigenvalue weighted by Crippen LogP contribution is 2.52. The van der Waals surface area contributed by atoms with Gasteiger partial charge in [0.25, 0.3) is 5.91 Å². The Bertz CT molecular complexity index is 681. The summed E-state index contributed by atoms with van der Waals surface area (Å²) in [7, 11) is 0. The molecular formula is C19H29N3O3. The molecule has 0 unspecified atom stereocenters. The first-order valence-electron chi connectivity index (χ1n) is 9.46. The van der Waals surface area contributed by atoms with Crippen LogP contribution in [0.2, 0.25) is 0 Å². The highest BCUT2D eigenvalue weighted by Gasteiger charge is 2.60. The minimum Gasteiger partial charge on any atom is -0.481 e. The topological polar surface area (TPSA) is 75.4 Å². The van der Waals surface area contributed by atoms with Gasteiger partial charge in [-0.05, 0) is 51.0 Å². The van der Waals surface area contributed by atoms with Crippen molar-refractivity contribution in [2.75, 3.05) is 0 Å². The lowest BCUT2D eigenvalue weighted by Crippen LogP contribution is -2.45. The Hall–Kier alpha value is -1.85. The average molecular weight is 347 g/mol. The van der Waals surface area contributed by atoms with Crippen molar-refractivity contribution in [3.8, 4) is 0 Å². The van der Waals surface area contributed by atoms with Crippen LogP contribution in [-0.4, -0.2) is 43.7 Å². The molecule has 3 rings (SSSR count). The molecule has 25 heavy (non-hydrogen) atoms. The van der Waals surface area contributed by atoms with Crippen LogP contribution in [-0.2, 0) is 17.8 Å². The molecule has 1 amide bonds. The van der Waals surface area contributed by atoms with Crippen molar-refractivity contribution in [2.24, 2.45) is 11.3 Å². The minimum absolute atomic E-state index is 0.0438. The number of carboxylic acids is 1. The zero-order valence-electron chi connectivity index (χ0n) is 15.7. The molecule has 138 valence electrons. The van der Waals surface area contributed by atoms with Gasteiger partial charge in [0, 0.05) is 18.6 Å². The molecule has 3 atom stereocenters. The zero-order valence-corrected chi connectivity index (χ0v) is 15.7. The van der Waals surface area contributed by atoms with E-state index in [1.165, 1.54) is 0 Å². The first kappa shape index (κ1) is 18.0. The number of hydrogen-bond donors (Lipinski definition) is 1. The van der Waals surface area contributed by atoms with Crippen molar-refractivity contribution in [1.82, 2.24) is 14.7 Å². The van der Waals surface area contributed by atoms with Gasteiger partial charge in [0.2, 0.25) is 0 Å². The summed E-state index contributed by atoms with van der Waals surface area (Å²) in [5, 5.41) is 14.4. The lowest BCUT2D eigenvalue weighted by atomic mass is 9.72. The fourth-order valence-electron chi connectivity index (χ4n) is 4.78. The Morgan fingerprint density at radius 2 is 2.08 bits per heavy atom. The van der Waals surface area contributed by atoms with Crippen molar-refractivity contribution >= 4 is 11.9 Å². The van der Waals surface area contributed by atoms with Gasteiger partial charge < -0.3 is 10.0 Å². The number of hydrogen-bond acceptors (Lipinski definition) is 3. The van der Waals surface area contributed by atoms with E-state index < -0.39 is 11.4 Å². The van der Waals surface area contributed by atoms with E-state index in [0.29, 0.717) is 31.0 Å². The van der Waals surface area contributed by atoms with Crippen LogP contribution in [0, 0.1) is 11.3 Å². The SMILES string of the molecule is CCn1nc(CC(C)C)cc1C(=O)N1[C@H]2CC[C@@H]1[C@](CC)(C(=O)O)C2. The van der Waals surface area contributed by atoms with Crippen LogP contribution in [0.4, 0.5) is 0 Å². The van der Waals surface area contributed by atoms with E-state index in [4.69, 9.17) is 0 Å². The van der Waals surface area contributed by atoms with Crippen molar-refractivity contribution in [1.29, 1.82) is 0 Å². The molecule has 0 spiro atoms. The van der Waals surface area contributed by atoms with E-state index in [9.17, 15) is 14.7 Å². The lowest BCUT2D eigenvalue weighted by molar-refractivity contribution is -0.151. The summed E-state index contributed by atoms with van der Waals surface area (Å²) in [5.41, 5.74) is 0.759. The van der Waals surface area contributed by atoms with Crippen LogP contribution in [0.1, 0.15) is 69.6 Å². The Morgan fingerprint density at radius 1 is 1.36 bits per heavy atom. The standard InChI is InChI=1S/C19H29N3O3/c1-5-19(18(24)25)11-14-7-8-16(19)22(14)17(23)15-10-13(9-12(3)4)20-21(15)6-2/h10,12,14,16H,5-9,11H2,1-4H3,(H,24,25)/t14-,16+,19+/m0/s1. The van der Waals surface area contributed by atoms with E-state index in [0.717, 1.165) is 25.0 Å². The van der Waals surface area contributed by atoms with Crippen LogP contribution in [0.15, 0.2) is 6.07 Å². The molecular weight excluding hydrogens is 318 g/mol. The fourth-order valence-corrected chi connectivity index (χ4v) is 4.78. The third-order valence-corrected chi connectivity index (χ3v) is 6.00. The Kier molecular flexibility index (Phi) is 4.64. The highest BCUT2D eigenvalue weighted by atomic mass is 16.4. The molecule has 1 N–H and O–H groups in total. The number of aliphatic carboxylic acids is 1. The predicted octanol–water partition coefficient (Wildman–Crippen LogP) is 2.96. The van der Waals surface area contributed by atoms with Crippen LogP contribution in [0.25, 0.3) is 0 Å². The minimum atomic E-state index is -0.781. The molecule has 2 aliphatic heterocycles. The van der Waals surface area contributed by atoms with E-state index in [1.807, 2.05) is 24.8 Å². The molecule has 2 saturated heterocycles. The van der Waals surface area contributed by atoms with Crippen molar-refractivity contribution in [2.45, 2.75) is 78.4 Å². The van der Waals surface area contributed by atoms with Crippen LogP contribution in [0.3, 0.4) is 0 Å². The number of carbonyl (C=O) groups excluding carboxylic acids is 1. The first-order chi connectivity index (χ1) is 11.8. The number of carbonyl (C=O) groups is 2. The van der Waals surface area contributed by atoms with Gasteiger partial charge in [-0.25, -0.2) is 0 Å². The second-order valence-corrected chi connectivity index (χ2v) is 7.91. The fraction of sp³-hybridized carbons (Fsp3) is 0.737. The highest BCUT2D eigenvalue weighted by molar-refractivity contribution is 5.94. The number of rotatable bonds is 6. The van der Waals surface area contributed by atoms with E-state index in [2.05, 4.69) is 18.9 Å². The van der Waals surface area contributed by atoms with Crippen LogP contribution < -0.4 is 0 Å².